The van der Waals surface area contributed by atoms with Crippen LogP contribution in [0.25, 0.3) is 0 Å². The number of unbranched alkanes of at least 4 members (excludes halogenated alkanes) is 1. The fourth-order valence-corrected chi connectivity index (χ4v) is 3.15. The molecule has 0 spiro atoms. The summed E-state index contributed by atoms with van der Waals surface area (Å²) >= 11 is 3.08. The smallest absolute Gasteiger partial charge is 0.323 e. The highest BCUT2D eigenvalue weighted by atomic mass is 32.2. The van der Waals surface area contributed by atoms with Gasteiger partial charge in [0.05, 0.1) is 0 Å². The molecular weight excluding hydrogens is 282 g/mol. The van der Waals surface area contributed by atoms with E-state index in [2.05, 4.69) is 14.7 Å². The standard InChI is InChI=1S/C12H21N3O2S2/c1-3-7-14-12(2,10(16)17)6-4-5-8-18-11-13-9-15-19-11/h9,14H,3-8H2,1-2H3,(H,16,17). The van der Waals surface area contributed by atoms with Gasteiger partial charge in [0.25, 0.3) is 0 Å². The summed E-state index contributed by atoms with van der Waals surface area (Å²) in [5.74, 6) is 0.191. The van der Waals surface area contributed by atoms with Crippen LogP contribution in [-0.4, -0.2) is 38.3 Å². The molecule has 0 fully saturated rings. The van der Waals surface area contributed by atoms with Crippen LogP contribution in [0, 0.1) is 0 Å². The summed E-state index contributed by atoms with van der Waals surface area (Å²) in [7, 11) is 0. The van der Waals surface area contributed by atoms with Gasteiger partial charge in [0.15, 0.2) is 4.34 Å². The van der Waals surface area contributed by atoms with Crippen molar-refractivity contribution < 1.29 is 9.90 Å². The van der Waals surface area contributed by atoms with Crippen LogP contribution in [0.4, 0.5) is 0 Å². The minimum Gasteiger partial charge on any atom is -0.480 e. The molecule has 0 aliphatic rings. The molecule has 0 saturated carbocycles. The molecule has 7 heteroatoms. The zero-order valence-corrected chi connectivity index (χ0v) is 13.0. The Morgan fingerprint density at radius 1 is 1.58 bits per heavy atom. The van der Waals surface area contributed by atoms with Gasteiger partial charge in [-0.05, 0) is 44.3 Å². The molecular formula is C12H21N3O2S2. The van der Waals surface area contributed by atoms with E-state index in [1.807, 2.05) is 6.92 Å². The van der Waals surface area contributed by atoms with E-state index >= 15 is 0 Å². The molecule has 108 valence electrons. The number of carboxylic acids is 1. The Morgan fingerprint density at radius 3 is 2.95 bits per heavy atom. The second-order valence-electron chi connectivity index (χ2n) is 4.58. The van der Waals surface area contributed by atoms with Crippen molar-refractivity contribution in [3.8, 4) is 0 Å². The van der Waals surface area contributed by atoms with Gasteiger partial charge in [0.1, 0.15) is 11.9 Å². The highest BCUT2D eigenvalue weighted by Gasteiger charge is 2.31. The van der Waals surface area contributed by atoms with Gasteiger partial charge in [0.2, 0.25) is 0 Å². The summed E-state index contributed by atoms with van der Waals surface area (Å²) < 4.78 is 4.92. The van der Waals surface area contributed by atoms with Gasteiger partial charge in [-0.15, -0.1) is 0 Å². The van der Waals surface area contributed by atoms with Gasteiger partial charge >= 0.3 is 5.97 Å². The lowest BCUT2D eigenvalue weighted by Gasteiger charge is -2.26. The van der Waals surface area contributed by atoms with Crippen LogP contribution in [0.1, 0.15) is 39.5 Å². The molecule has 1 rings (SSSR count). The lowest BCUT2D eigenvalue weighted by molar-refractivity contribution is -0.144. The van der Waals surface area contributed by atoms with Crippen LogP contribution in [0.15, 0.2) is 10.7 Å². The fraction of sp³-hybridized carbons (Fsp3) is 0.750. The molecule has 0 aliphatic carbocycles. The first-order valence-corrected chi connectivity index (χ1v) is 8.22. The van der Waals surface area contributed by atoms with Crippen LogP contribution in [0.3, 0.4) is 0 Å². The molecule has 1 heterocycles. The highest BCUT2D eigenvalue weighted by Crippen LogP contribution is 2.21. The van der Waals surface area contributed by atoms with E-state index < -0.39 is 11.5 Å². The zero-order chi connectivity index (χ0) is 14.1. The third kappa shape index (κ3) is 5.88. The lowest BCUT2D eigenvalue weighted by atomic mass is 9.95. The molecule has 2 N–H and O–H groups in total. The summed E-state index contributed by atoms with van der Waals surface area (Å²) in [5.41, 5.74) is -0.802. The molecule has 0 saturated heterocycles. The molecule has 0 aromatic carbocycles. The minimum absolute atomic E-state index is 0.652. The van der Waals surface area contributed by atoms with Crippen molar-refractivity contribution in [1.82, 2.24) is 14.7 Å². The third-order valence-corrected chi connectivity index (χ3v) is 4.76. The molecule has 0 amide bonds. The Hall–Kier alpha value is -0.660. The number of carboxylic acid groups (broad SMARTS) is 1. The molecule has 1 atom stereocenters. The number of nitrogens with one attached hydrogen (secondary N) is 1. The number of carbonyl (C=O) groups is 1. The maximum Gasteiger partial charge on any atom is 0.323 e. The van der Waals surface area contributed by atoms with Crippen molar-refractivity contribution in [2.75, 3.05) is 12.3 Å². The predicted octanol–water partition coefficient (Wildman–Crippen LogP) is 2.64. The second kappa shape index (κ2) is 8.50. The molecule has 1 aromatic heterocycles. The van der Waals surface area contributed by atoms with Crippen molar-refractivity contribution in [2.45, 2.75) is 49.4 Å². The summed E-state index contributed by atoms with van der Waals surface area (Å²) in [6.07, 6.45) is 5.03. The maximum atomic E-state index is 11.3. The predicted molar refractivity (Wildman–Crippen MR) is 78.8 cm³/mol. The van der Waals surface area contributed by atoms with E-state index in [1.54, 1.807) is 25.0 Å². The third-order valence-electron chi connectivity index (χ3n) is 2.87. The van der Waals surface area contributed by atoms with E-state index in [0.29, 0.717) is 6.42 Å². The van der Waals surface area contributed by atoms with E-state index in [0.717, 1.165) is 35.9 Å². The number of hydrogen-bond acceptors (Lipinski definition) is 6. The van der Waals surface area contributed by atoms with Gasteiger partial charge in [-0.3, -0.25) is 4.79 Å². The zero-order valence-electron chi connectivity index (χ0n) is 11.4. The molecule has 19 heavy (non-hydrogen) atoms. The lowest BCUT2D eigenvalue weighted by Crippen LogP contribution is -2.49. The van der Waals surface area contributed by atoms with Crippen molar-refractivity contribution >= 4 is 29.3 Å². The van der Waals surface area contributed by atoms with E-state index in [9.17, 15) is 9.90 Å². The average molecular weight is 303 g/mol. The molecule has 5 nitrogen and oxygen atoms in total. The molecule has 0 radical (unpaired) electrons. The summed E-state index contributed by atoms with van der Waals surface area (Å²) in [6.45, 7) is 4.54. The largest absolute Gasteiger partial charge is 0.480 e. The first-order valence-electron chi connectivity index (χ1n) is 6.46. The first kappa shape index (κ1) is 16.4. The quantitative estimate of drug-likeness (QED) is 0.511. The van der Waals surface area contributed by atoms with Gasteiger partial charge in [-0.25, -0.2) is 4.98 Å². The SMILES string of the molecule is CCCNC(C)(CCCCSc1ncns1)C(=O)O. The number of thioether (sulfide) groups is 1. The topological polar surface area (TPSA) is 75.1 Å². The number of rotatable bonds is 10. The number of nitrogens with zero attached hydrogens (tertiary/aromatic N) is 2. The van der Waals surface area contributed by atoms with Gasteiger partial charge in [0, 0.05) is 5.75 Å². The van der Waals surface area contributed by atoms with Crippen LogP contribution in [-0.2, 0) is 4.79 Å². The Bertz CT molecular complexity index is 373. The number of aromatic nitrogens is 2. The van der Waals surface area contributed by atoms with Crippen molar-refractivity contribution in [3.63, 3.8) is 0 Å². The summed E-state index contributed by atoms with van der Waals surface area (Å²) in [5, 5.41) is 12.4. The second-order valence-corrected chi connectivity index (χ2v) is 6.70. The number of hydrogen-bond donors (Lipinski definition) is 2. The fourth-order valence-electron chi connectivity index (χ4n) is 1.64. The van der Waals surface area contributed by atoms with E-state index in [4.69, 9.17) is 0 Å². The van der Waals surface area contributed by atoms with Crippen molar-refractivity contribution in [2.24, 2.45) is 0 Å². The van der Waals surface area contributed by atoms with Crippen LogP contribution in [0.2, 0.25) is 0 Å². The van der Waals surface area contributed by atoms with Crippen LogP contribution < -0.4 is 5.32 Å². The molecule has 0 bridgehead atoms. The number of aliphatic carboxylic acids is 1. The Labute approximate surface area is 122 Å². The van der Waals surface area contributed by atoms with E-state index in [-0.39, 0.29) is 0 Å². The van der Waals surface area contributed by atoms with Gasteiger partial charge in [-0.2, -0.15) is 4.37 Å². The normalized spacial score (nSPS) is 14.2. The van der Waals surface area contributed by atoms with Crippen LogP contribution in [0.5, 0.6) is 0 Å². The van der Waals surface area contributed by atoms with Crippen molar-refractivity contribution in [1.29, 1.82) is 0 Å². The summed E-state index contributed by atoms with van der Waals surface area (Å²) in [6, 6.07) is 0. The van der Waals surface area contributed by atoms with Crippen LogP contribution >= 0.6 is 23.3 Å². The van der Waals surface area contributed by atoms with Gasteiger partial charge in [-0.1, -0.05) is 25.1 Å². The summed E-state index contributed by atoms with van der Waals surface area (Å²) in [4.78, 5) is 15.4. The first-order chi connectivity index (χ1) is 9.08. The minimum atomic E-state index is -0.802. The Kier molecular flexibility index (Phi) is 7.33. The average Bonchev–Trinajstić information content (AvgIpc) is 2.89. The maximum absolute atomic E-state index is 11.3. The van der Waals surface area contributed by atoms with Gasteiger partial charge < -0.3 is 10.4 Å². The highest BCUT2D eigenvalue weighted by molar-refractivity contribution is 8.00. The van der Waals surface area contributed by atoms with Crippen molar-refractivity contribution in [3.05, 3.63) is 6.33 Å². The van der Waals surface area contributed by atoms with E-state index in [1.165, 1.54) is 11.5 Å². The Morgan fingerprint density at radius 2 is 2.37 bits per heavy atom. The molecule has 1 unspecified atom stereocenters. The monoisotopic (exact) mass is 303 g/mol. The molecule has 1 aromatic rings. The Balaban J connectivity index is 2.22. The molecule has 0 aliphatic heterocycles.